The first-order valence-corrected chi connectivity index (χ1v) is 7.63. The highest BCUT2D eigenvalue weighted by atomic mass is 16.5. The second kappa shape index (κ2) is 7.04. The normalized spacial score (nSPS) is 17.5. The second-order valence-electron chi connectivity index (χ2n) is 5.81. The Bertz CT molecular complexity index is 461. The van der Waals surface area contributed by atoms with E-state index in [9.17, 15) is 5.11 Å². The highest BCUT2D eigenvalue weighted by Crippen LogP contribution is 2.24. The molecule has 118 valence electrons. The van der Waals surface area contributed by atoms with E-state index in [0.717, 1.165) is 24.5 Å². The third-order valence-corrected chi connectivity index (χ3v) is 3.72. The van der Waals surface area contributed by atoms with Crippen LogP contribution >= 0.6 is 0 Å². The zero-order valence-electron chi connectivity index (χ0n) is 13.2. The average Bonchev–Trinajstić information content (AvgIpc) is 2.45. The molecule has 1 aromatic rings. The number of anilines is 2. The van der Waals surface area contributed by atoms with Gasteiger partial charge in [-0.1, -0.05) is 6.92 Å². The zero-order chi connectivity index (χ0) is 15.3. The molecule has 0 bridgehead atoms. The van der Waals surface area contributed by atoms with Crippen LogP contribution in [0.2, 0.25) is 0 Å². The van der Waals surface area contributed by atoms with Crippen molar-refractivity contribution in [1.82, 2.24) is 9.97 Å². The molecule has 21 heavy (non-hydrogen) atoms. The number of hydrogen-bond donors (Lipinski definition) is 2. The van der Waals surface area contributed by atoms with Crippen molar-refractivity contribution in [3.8, 4) is 0 Å². The Morgan fingerprint density at radius 2 is 2.10 bits per heavy atom. The van der Waals surface area contributed by atoms with E-state index in [1.165, 1.54) is 0 Å². The monoisotopic (exact) mass is 294 g/mol. The Morgan fingerprint density at radius 3 is 2.76 bits per heavy atom. The summed E-state index contributed by atoms with van der Waals surface area (Å²) in [6.07, 6.45) is 2.37. The van der Waals surface area contributed by atoms with Crippen molar-refractivity contribution in [3.05, 3.63) is 11.8 Å². The quantitative estimate of drug-likeness (QED) is 0.830. The molecule has 0 saturated carbocycles. The fourth-order valence-electron chi connectivity index (χ4n) is 2.50. The molecule has 0 atom stereocenters. The van der Waals surface area contributed by atoms with Gasteiger partial charge in [0.1, 0.15) is 5.82 Å². The summed E-state index contributed by atoms with van der Waals surface area (Å²) < 4.78 is 5.32. The maximum absolute atomic E-state index is 10.6. The average molecular weight is 294 g/mol. The van der Waals surface area contributed by atoms with Crippen LogP contribution in [0.15, 0.2) is 6.07 Å². The van der Waals surface area contributed by atoms with Gasteiger partial charge in [0.05, 0.1) is 5.60 Å². The van der Waals surface area contributed by atoms with Crippen LogP contribution in [0, 0.1) is 6.92 Å². The molecule has 0 spiro atoms. The van der Waals surface area contributed by atoms with Crippen LogP contribution in [-0.2, 0) is 4.74 Å². The van der Waals surface area contributed by atoms with Crippen molar-refractivity contribution in [2.24, 2.45) is 0 Å². The first kappa shape index (κ1) is 16.0. The van der Waals surface area contributed by atoms with E-state index >= 15 is 0 Å². The van der Waals surface area contributed by atoms with Crippen LogP contribution in [0.5, 0.6) is 0 Å². The number of hydrogen-bond acceptors (Lipinski definition) is 6. The standard InChI is InChI=1S/C15H26N4O2/c1-4-7-16-14-17-12(2)10-13(18-14)19(3)11-15(20)5-8-21-9-6-15/h10,20H,4-9,11H2,1-3H3,(H,16,17,18). The molecule has 1 aliphatic rings. The summed E-state index contributed by atoms with van der Waals surface area (Å²) in [4.78, 5) is 10.9. The van der Waals surface area contributed by atoms with Crippen LogP contribution in [0.3, 0.4) is 0 Å². The molecule has 0 radical (unpaired) electrons. The molecule has 1 fully saturated rings. The fourth-order valence-corrected chi connectivity index (χ4v) is 2.50. The molecule has 1 saturated heterocycles. The molecule has 6 nitrogen and oxygen atoms in total. The number of aryl methyl sites for hydroxylation is 1. The molecule has 6 heteroatoms. The van der Waals surface area contributed by atoms with Crippen molar-refractivity contribution in [1.29, 1.82) is 0 Å². The van der Waals surface area contributed by atoms with Crippen LogP contribution in [-0.4, -0.2) is 54.0 Å². The summed E-state index contributed by atoms with van der Waals surface area (Å²) in [5.74, 6) is 1.48. The molecule has 0 aromatic carbocycles. The minimum atomic E-state index is -0.692. The van der Waals surface area contributed by atoms with Crippen molar-refractivity contribution in [2.45, 2.75) is 38.7 Å². The Hall–Kier alpha value is -1.40. The van der Waals surface area contributed by atoms with Gasteiger partial charge in [0.25, 0.3) is 0 Å². The van der Waals surface area contributed by atoms with Gasteiger partial charge >= 0.3 is 0 Å². The molecular weight excluding hydrogens is 268 g/mol. The summed E-state index contributed by atoms with van der Waals surface area (Å²) >= 11 is 0. The molecular formula is C15H26N4O2. The summed E-state index contributed by atoms with van der Waals surface area (Å²) in [7, 11) is 1.96. The van der Waals surface area contributed by atoms with Gasteiger partial charge in [-0.25, -0.2) is 4.98 Å². The Morgan fingerprint density at radius 1 is 1.38 bits per heavy atom. The van der Waals surface area contributed by atoms with Crippen molar-refractivity contribution in [3.63, 3.8) is 0 Å². The van der Waals surface area contributed by atoms with E-state index in [-0.39, 0.29) is 0 Å². The lowest BCUT2D eigenvalue weighted by molar-refractivity contribution is -0.0573. The number of nitrogens with one attached hydrogen (secondary N) is 1. The SMILES string of the molecule is CCCNc1nc(C)cc(N(C)CC2(O)CCOCC2)n1. The van der Waals surface area contributed by atoms with Crippen molar-refractivity contribution < 1.29 is 9.84 Å². The van der Waals surface area contributed by atoms with Gasteiger partial charge in [-0.3, -0.25) is 0 Å². The molecule has 0 unspecified atom stereocenters. The third-order valence-electron chi connectivity index (χ3n) is 3.72. The summed E-state index contributed by atoms with van der Waals surface area (Å²) in [5, 5.41) is 13.8. The van der Waals surface area contributed by atoms with Crippen molar-refractivity contribution >= 4 is 11.8 Å². The first-order chi connectivity index (χ1) is 10.0. The number of likely N-dealkylation sites (N-methyl/N-ethyl adjacent to an activating group) is 1. The van der Waals surface area contributed by atoms with Gasteiger partial charge in [-0.2, -0.15) is 4.98 Å². The largest absolute Gasteiger partial charge is 0.388 e. The predicted molar refractivity (Wildman–Crippen MR) is 83.8 cm³/mol. The van der Waals surface area contributed by atoms with E-state index in [4.69, 9.17) is 4.74 Å². The van der Waals surface area contributed by atoms with Gasteiger partial charge in [-0.15, -0.1) is 0 Å². The third kappa shape index (κ3) is 4.54. The van der Waals surface area contributed by atoms with E-state index in [1.54, 1.807) is 0 Å². The van der Waals surface area contributed by atoms with E-state index in [2.05, 4.69) is 22.2 Å². The number of aromatic nitrogens is 2. The summed E-state index contributed by atoms with van der Waals surface area (Å²) in [5.41, 5.74) is 0.229. The van der Waals surface area contributed by atoms with Crippen molar-refractivity contribution in [2.75, 3.05) is 43.6 Å². The minimum absolute atomic E-state index is 0.556. The Kier molecular flexibility index (Phi) is 5.36. The molecule has 2 heterocycles. The molecule has 1 aliphatic heterocycles. The molecule has 0 aliphatic carbocycles. The summed E-state index contributed by atoms with van der Waals surface area (Å²) in [6, 6.07) is 1.94. The van der Waals surface area contributed by atoms with Gasteiger partial charge in [0, 0.05) is 58.0 Å². The van der Waals surface area contributed by atoms with E-state index < -0.39 is 5.60 Å². The lowest BCUT2D eigenvalue weighted by Gasteiger charge is -2.35. The van der Waals surface area contributed by atoms with Gasteiger partial charge in [-0.05, 0) is 13.3 Å². The lowest BCUT2D eigenvalue weighted by atomic mass is 9.94. The highest BCUT2D eigenvalue weighted by molar-refractivity contribution is 5.44. The predicted octanol–water partition coefficient (Wildman–Crippen LogP) is 1.58. The Balaban J connectivity index is 2.07. The van der Waals surface area contributed by atoms with Gasteiger partial charge < -0.3 is 20.1 Å². The van der Waals surface area contributed by atoms with Crippen LogP contribution < -0.4 is 10.2 Å². The zero-order valence-corrected chi connectivity index (χ0v) is 13.2. The van der Waals surface area contributed by atoms with Gasteiger partial charge in [0.2, 0.25) is 5.95 Å². The van der Waals surface area contributed by atoms with Crippen LogP contribution in [0.1, 0.15) is 31.9 Å². The highest BCUT2D eigenvalue weighted by Gasteiger charge is 2.31. The van der Waals surface area contributed by atoms with E-state index in [1.807, 2.05) is 24.9 Å². The minimum Gasteiger partial charge on any atom is -0.388 e. The summed E-state index contributed by atoms with van der Waals surface area (Å²) in [6.45, 7) is 6.72. The number of aliphatic hydroxyl groups is 1. The van der Waals surface area contributed by atoms with Gasteiger partial charge in [0.15, 0.2) is 0 Å². The smallest absolute Gasteiger partial charge is 0.224 e. The second-order valence-corrected chi connectivity index (χ2v) is 5.81. The number of ether oxygens (including phenoxy) is 1. The first-order valence-electron chi connectivity index (χ1n) is 7.63. The number of rotatable bonds is 6. The maximum atomic E-state index is 10.6. The van der Waals surface area contributed by atoms with E-state index in [0.29, 0.717) is 38.5 Å². The molecule has 2 N–H and O–H groups in total. The Labute approximate surface area is 126 Å². The van der Waals surface area contributed by atoms with Crippen LogP contribution in [0.4, 0.5) is 11.8 Å². The topological polar surface area (TPSA) is 70.5 Å². The number of nitrogens with zero attached hydrogens (tertiary/aromatic N) is 3. The molecule has 1 aromatic heterocycles. The fraction of sp³-hybridized carbons (Fsp3) is 0.733. The maximum Gasteiger partial charge on any atom is 0.224 e. The van der Waals surface area contributed by atoms with Crippen LogP contribution in [0.25, 0.3) is 0 Å². The molecule has 2 rings (SSSR count). The molecule has 0 amide bonds. The lowest BCUT2D eigenvalue weighted by Crippen LogP contribution is -2.46.